The third-order valence-corrected chi connectivity index (χ3v) is 5.76. The number of oxime groups is 1. The average molecular weight is 379 g/mol. The number of carbonyl (C=O) groups is 1. The van der Waals surface area contributed by atoms with Crippen LogP contribution in [0.15, 0.2) is 41.7 Å². The predicted molar refractivity (Wildman–Crippen MR) is 103 cm³/mol. The molecule has 0 bridgehead atoms. The number of fused-ring (bicyclic) bond motifs is 3. The van der Waals surface area contributed by atoms with Crippen LogP contribution in [0.4, 0.5) is 11.5 Å². The summed E-state index contributed by atoms with van der Waals surface area (Å²) in [7, 11) is 0. The van der Waals surface area contributed by atoms with Crippen molar-refractivity contribution in [2.45, 2.75) is 30.9 Å². The first kappa shape index (κ1) is 17.1. The molecule has 1 saturated heterocycles. The van der Waals surface area contributed by atoms with E-state index in [0.29, 0.717) is 37.7 Å². The maximum absolute atomic E-state index is 12.8. The van der Waals surface area contributed by atoms with Crippen molar-refractivity contribution in [3.63, 3.8) is 0 Å². The molecule has 1 N–H and O–H groups in total. The van der Waals surface area contributed by atoms with Gasteiger partial charge in [-0.25, -0.2) is 9.97 Å². The Morgan fingerprint density at radius 2 is 2.18 bits per heavy atom. The summed E-state index contributed by atoms with van der Waals surface area (Å²) in [6.45, 7) is 3.53. The zero-order valence-electron chi connectivity index (χ0n) is 15.5. The molecule has 2 unspecified atom stereocenters. The molecule has 2 aromatic rings. The topological polar surface area (TPSA) is 88.9 Å². The van der Waals surface area contributed by atoms with Crippen molar-refractivity contribution >= 4 is 23.6 Å². The Balaban J connectivity index is 1.54. The molecule has 1 aromatic carbocycles. The molecule has 3 aliphatic heterocycles. The van der Waals surface area contributed by atoms with Crippen molar-refractivity contribution in [3.05, 3.63) is 47.9 Å². The van der Waals surface area contributed by atoms with Gasteiger partial charge < -0.3 is 19.8 Å². The molecule has 8 nitrogen and oxygen atoms in total. The molecule has 3 atom stereocenters. The molecule has 5 rings (SSSR count). The van der Waals surface area contributed by atoms with Gasteiger partial charge in [0, 0.05) is 6.54 Å². The summed E-state index contributed by atoms with van der Waals surface area (Å²) in [6, 6.07) is 9.93. The SMILES string of the molecule is CC[C@]12COCCN1c1nc(C3C=NOC3c3ccccc3)ncc1NC2=O. The van der Waals surface area contributed by atoms with E-state index >= 15 is 0 Å². The van der Waals surface area contributed by atoms with Crippen LogP contribution in [0, 0.1) is 0 Å². The molecule has 4 heterocycles. The molecular weight excluding hydrogens is 358 g/mol. The first-order valence-electron chi connectivity index (χ1n) is 9.51. The second-order valence-corrected chi connectivity index (χ2v) is 7.23. The molecule has 8 heteroatoms. The van der Waals surface area contributed by atoms with Gasteiger partial charge in [-0.3, -0.25) is 4.79 Å². The zero-order chi connectivity index (χ0) is 19.1. The van der Waals surface area contributed by atoms with Gasteiger partial charge in [0.1, 0.15) is 23.0 Å². The minimum atomic E-state index is -0.726. The summed E-state index contributed by atoms with van der Waals surface area (Å²) >= 11 is 0. The number of hydrogen-bond donors (Lipinski definition) is 1. The highest BCUT2D eigenvalue weighted by atomic mass is 16.6. The van der Waals surface area contributed by atoms with Gasteiger partial charge in [-0.15, -0.1) is 0 Å². The fraction of sp³-hybridized carbons (Fsp3) is 0.400. The quantitative estimate of drug-likeness (QED) is 0.880. The van der Waals surface area contributed by atoms with E-state index in [4.69, 9.17) is 14.6 Å². The van der Waals surface area contributed by atoms with Crippen molar-refractivity contribution in [3.8, 4) is 0 Å². The smallest absolute Gasteiger partial charge is 0.252 e. The van der Waals surface area contributed by atoms with Crippen LogP contribution in [-0.4, -0.2) is 47.4 Å². The lowest BCUT2D eigenvalue weighted by Gasteiger charge is -2.48. The molecule has 3 aliphatic rings. The highest BCUT2D eigenvalue weighted by Crippen LogP contribution is 2.41. The third-order valence-electron chi connectivity index (χ3n) is 5.76. The number of hydrogen-bond acceptors (Lipinski definition) is 7. The number of nitrogens with one attached hydrogen (secondary N) is 1. The molecule has 1 aromatic heterocycles. The third kappa shape index (κ3) is 2.48. The van der Waals surface area contributed by atoms with Gasteiger partial charge in [-0.05, 0) is 12.0 Å². The van der Waals surface area contributed by atoms with E-state index in [1.54, 1.807) is 12.4 Å². The number of rotatable bonds is 3. The van der Waals surface area contributed by atoms with E-state index < -0.39 is 5.54 Å². The summed E-state index contributed by atoms with van der Waals surface area (Å²) in [5.74, 6) is 1.11. The first-order chi connectivity index (χ1) is 13.7. The predicted octanol–water partition coefficient (Wildman–Crippen LogP) is 2.25. The monoisotopic (exact) mass is 379 g/mol. The van der Waals surface area contributed by atoms with Crippen molar-refractivity contribution in [2.75, 3.05) is 30.0 Å². The number of anilines is 2. The minimum Gasteiger partial charge on any atom is -0.387 e. The minimum absolute atomic E-state index is 0.0634. The Bertz CT molecular complexity index is 935. The first-order valence-corrected chi connectivity index (χ1v) is 9.51. The summed E-state index contributed by atoms with van der Waals surface area (Å²) in [5.41, 5.74) is 0.927. The Morgan fingerprint density at radius 3 is 3.00 bits per heavy atom. The fourth-order valence-electron chi connectivity index (χ4n) is 4.14. The van der Waals surface area contributed by atoms with Crippen LogP contribution in [0.1, 0.15) is 36.8 Å². The number of nitrogens with zero attached hydrogens (tertiary/aromatic N) is 4. The van der Waals surface area contributed by atoms with E-state index in [9.17, 15) is 4.79 Å². The second kappa shape index (κ2) is 6.56. The molecule has 28 heavy (non-hydrogen) atoms. The molecule has 1 amide bonds. The number of morpholine rings is 1. The van der Waals surface area contributed by atoms with Crippen molar-refractivity contribution in [2.24, 2.45) is 5.16 Å². The number of ether oxygens (including phenoxy) is 1. The highest BCUT2D eigenvalue weighted by molar-refractivity contribution is 6.06. The lowest BCUT2D eigenvalue weighted by atomic mass is 9.90. The van der Waals surface area contributed by atoms with Gasteiger partial charge in [-0.1, -0.05) is 42.4 Å². The Hall–Kier alpha value is -3.00. The summed E-state index contributed by atoms with van der Waals surface area (Å²) < 4.78 is 5.64. The van der Waals surface area contributed by atoms with Gasteiger partial charge in [0.2, 0.25) is 0 Å². The van der Waals surface area contributed by atoms with E-state index in [1.165, 1.54) is 0 Å². The molecule has 0 saturated carbocycles. The van der Waals surface area contributed by atoms with Gasteiger partial charge in [0.25, 0.3) is 5.91 Å². The lowest BCUT2D eigenvalue weighted by molar-refractivity contribution is -0.125. The van der Waals surface area contributed by atoms with Crippen LogP contribution in [0.25, 0.3) is 0 Å². The van der Waals surface area contributed by atoms with E-state index in [1.807, 2.05) is 37.3 Å². The standard InChI is InChI=1S/C20H21N5O3/c1-2-20-12-27-9-8-25(20)18-15(23-19(20)26)11-21-17(24-18)14-10-22-28-16(14)13-6-4-3-5-7-13/h3-7,10-11,14,16H,2,8-9,12H2,1H3,(H,23,26)/t14?,16?,20-/m1/s1. The van der Waals surface area contributed by atoms with E-state index in [2.05, 4.69) is 20.4 Å². The van der Waals surface area contributed by atoms with Gasteiger partial charge in [0.05, 0.1) is 25.6 Å². The van der Waals surface area contributed by atoms with Crippen LogP contribution in [0.3, 0.4) is 0 Å². The average Bonchev–Trinajstić information content (AvgIpc) is 3.24. The maximum Gasteiger partial charge on any atom is 0.252 e. The number of benzene rings is 1. The molecule has 0 aliphatic carbocycles. The van der Waals surface area contributed by atoms with Crippen LogP contribution in [-0.2, 0) is 14.4 Å². The number of carbonyl (C=O) groups excluding carboxylic acids is 1. The Kier molecular flexibility index (Phi) is 4.01. The molecule has 1 fully saturated rings. The van der Waals surface area contributed by atoms with Crippen molar-refractivity contribution in [1.29, 1.82) is 0 Å². The normalized spacial score (nSPS) is 28.3. The summed E-state index contributed by atoms with van der Waals surface area (Å²) in [4.78, 5) is 29.8. The van der Waals surface area contributed by atoms with Crippen LogP contribution in [0.2, 0.25) is 0 Å². The zero-order valence-corrected chi connectivity index (χ0v) is 15.5. The summed E-state index contributed by atoms with van der Waals surface area (Å²) in [6.07, 6.45) is 3.79. The maximum atomic E-state index is 12.8. The van der Waals surface area contributed by atoms with Crippen LogP contribution >= 0.6 is 0 Å². The Morgan fingerprint density at radius 1 is 1.32 bits per heavy atom. The Labute approximate surface area is 162 Å². The van der Waals surface area contributed by atoms with Crippen LogP contribution < -0.4 is 10.2 Å². The van der Waals surface area contributed by atoms with Gasteiger partial charge in [-0.2, -0.15) is 0 Å². The van der Waals surface area contributed by atoms with Crippen molar-refractivity contribution < 1.29 is 14.4 Å². The highest BCUT2D eigenvalue weighted by Gasteiger charge is 2.50. The fourth-order valence-corrected chi connectivity index (χ4v) is 4.14. The number of amides is 1. The summed E-state index contributed by atoms with van der Waals surface area (Å²) in [5, 5.41) is 6.99. The number of aromatic nitrogens is 2. The lowest BCUT2D eigenvalue weighted by Crippen LogP contribution is -2.66. The van der Waals surface area contributed by atoms with Crippen LogP contribution in [0.5, 0.6) is 0 Å². The van der Waals surface area contributed by atoms with E-state index in [0.717, 1.165) is 11.4 Å². The molecule has 0 spiro atoms. The molecule has 144 valence electrons. The van der Waals surface area contributed by atoms with E-state index in [-0.39, 0.29) is 17.9 Å². The van der Waals surface area contributed by atoms with Gasteiger partial charge in [0.15, 0.2) is 11.9 Å². The molecule has 0 radical (unpaired) electrons. The van der Waals surface area contributed by atoms with Gasteiger partial charge >= 0.3 is 0 Å². The second-order valence-electron chi connectivity index (χ2n) is 7.23. The largest absolute Gasteiger partial charge is 0.387 e. The molecular formula is C20H21N5O3. The van der Waals surface area contributed by atoms with Crippen molar-refractivity contribution in [1.82, 2.24) is 9.97 Å².